The molecular weight excluding hydrogens is 464 g/mol. The molecule has 0 aliphatic carbocycles. The average Bonchev–Trinajstić information content (AvgIpc) is 3.25. The fourth-order valence-electron chi connectivity index (χ4n) is 4.17. The van der Waals surface area contributed by atoms with E-state index in [1.165, 1.54) is 16.7 Å². The minimum atomic E-state index is -0.0439. The first-order valence-electron chi connectivity index (χ1n) is 12.1. The molecule has 0 bridgehead atoms. The van der Waals surface area contributed by atoms with Crippen LogP contribution < -0.4 is 5.32 Å². The van der Waals surface area contributed by atoms with Gasteiger partial charge in [0, 0.05) is 24.1 Å². The molecule has 0 saturated heterocycles. The number of hydrogen-bond acceptors (Lipinski definition) is 4. The summed E-state index contributed by atoms with van der Waals surface area (Å²) >= 11 is 1.70. The molecule has 0 atom stereocenters. The zero-order chi connectivity index (χ0) is 24.7. The molecule has 3 aromatic carbocycles. The van der Waals surface area contributed by atoms with Crippen LogP contribution in [0, 0.1) is 6.92 Å². The maximum atomic E-state index is 12.5. The van der Waals surface area contributed by atoms with Crippen molar-refractivity contribution in [1.82, 2.24) is 19.9 Å². The second kappa shape index (κ2) is 11.2. The predicted octanol–water partition coefficient (Wildman–Crippen LogP) is 6.05. The fraction of sp³-hybridized carbons (Fsp3) is 0.167. The highest BCUT2D eigenvalue weighted by atomic mass is 32.2. The number of carbonyl (C=O) groups is 1. The summed E-state index contributed by atoms with van der Waals surface area (Å²) in [5, 5.41) is 3.97. The van der Waals surface area contributed by atoms with Gasteiger partial charge in [0.05, 0.1) is 23.8 Å². The topological polar surface area (TPSA) is 59.8 Å². The summed E-state index contributed by atoms with van der Waals surface area (Å²) in [7, 11) is 0. The fourth-order valence-corrected chi connectivity index (χ4v) is 5.14. The van der Waals surface area contributed by atoms with Crippen LogP contribution in [0.1, 0.15) is 32.6 Å². The van der Waals surface area contributed by atoms with Gasteiger partial charge < -0.3 is 9.88 Å². The van der Waals surface area contributed by atoms with Crippen molar-refractivity contribution in [1.29, 1.82) is 0 Å². The number of imidazole rings is 1. The molecule has 0 radical (unpaired) electrons. The third kappa shape index (κ3) is 5.83. The number of amides is 1. The number of fused-ring (bicyclic) bond motifs is 1. The summed E-state index contributed by atoms with van der Waals surface area (Å²) in [5.74, 6) is 0.720. The van der Waals surface area contributed by atoms with Crippen LogP contribution in [0.3, 0.4) is 0 Å². The Balaban J connectivity index is 1.23. The van der Waals surface area contributed by atoms with Gasteiger partial charge in [-0.3, -0.25) is 9.78 Å². The Morgan fingerprint density at radius 1 is 0.917 bits per heavy atom. The van der Waals surface area contributed by atoms with E-state index in [0.717, 1.165) is 40.5 Å². The third-order valence-electron chi connectivity index (χ3n) is 6.06. The van der Waals surface area contributed by atoms with Crippen molar-refractivity contribution in [2.24, 2.45) is 0 Å². The monoisotopic (exact) mass is 492 g/mol. The van der Waals surface area contributed by atoms with E-state index in [9.17, 15) is 4.79 Å². The number of thioether (sulfide) groups is 1. The van der Waals surface area contributed by atoms with Crippen molar-refractivity contribution < 1.29 is 4.79 Å². The van der Waals surface area contributed by atoms with Gasteiger partial charge in [-0.1, -0.05) is 84.1 Å². The molecule has 0 fully saturated rings. The molecule has 0 aliphatic heterocycles. The molecule has 6 heteroatoms. The normalized spacial score (nSPS) is 11.0. The zero-order valence-electron chi connectivity index (χ0n) is 20.2. The van der Waals surface area contributed by atoms with Crippen LogP contribution in [0.2, 0.25) is 0 Å². The van der Waals surface area contributed by atoms with Crippen LogP contribution in [-0.4, -0.2) is 27.0 Å². The summed E-state index contributed by atoms with van der Waals surface area (Å²) in [5.41, 5.74) is 7.50. The Morgan fingerprint density at radius 3 is 2.53 bits per heavy atom. The highest BCUT2D eigenvalue weighted by molar-refractivity contribution is 7.98. The number of aromatic nitrogens is 3. The first kappa shape index (κ1) is 23.8. The molecule has 5 nitrogen and oxygen atoms in total. The molecule has 1 amide bonds. The lowest BCUT2D eigenvalue weighted by Crippen LogP contribution is -2.25. The van der Waals surface area contributed by atoms with E-state index in [-0.39, 0.29) is 5.91 Å². The van der Waals surface area contributed by atoms with Crippen LogP contribution in [0.4, 0.5) is 0 Å². The number of carbonyl (C=O) groups excluding carboxylic acids is 1. The number of pyridine rings is 1. The van der Waals surface area contributed by atoms with Gasteiger partial charge in [0.2, 0.25) is 0 Å². The van der Waals surface area contributed by atoms with E-state index in [1.54, 1.807) is 18.0 Å². The molecular formula is C30H28N4OS. The molecule has 2 aromatic heterocycles. The lowest BCUT2D eigenvalue weighted by atomic mass is 10.1. The van der Waals surface area contributed by atoms with Crippen molar-refractivity contribution in [2.75, 3.05) is 6.54 Å². The van der Waals surface area contributed by atoms with E-state index in [0.29, 0.717) is 12.1 Å². The Morgan fingerprint density at radius 2 is 1.72 bits per heavy atom. The van der Waals surface area contributed by atoms with Crippen LogP contribution in [-0.2, 0) is 18.7 Å². The summed E-state index contributed by atoms with van der Waals surface area (Å²) in [6.07, 6.45) is 4.48. The van der Waals surface area contributed by atoms with Crippen LogP contribution in [0.15, 0.2) is 102 Å². The van der Waals surface area contributed by atoms with E-state index < -0.39 is 0 Å². The van der Waals surface area contributed by atoms with E-state index in [2.05, 4.69) is 58.2 Å². The molecule has 0 spiro atoms. The Hall–Kier alpha value is -3.90. The number of hydrogen-bond donors (Lipinski definition) is 1. The first-order chi connectivity index (χ1) is 17.7. The standard InChI is InChI=1S/C30H28N4OS/c1-22-6-5-9-25(18-22)20-34-28-19-31-16-15-27(28)33-30(34)36-21-24-10-12-26(13-11-24)29(35)32-17-14-23-7-3-2-4-8-23/h2-13,15-16,18-19H,14,17,20-21H2,1H3,(H,32,35). The first-order valence-corrected chi connectivity index (χ1v) is 13.0. The lowest BCUT2D eigenvalue weighted by Gasteiger charge is -2.10. The predicted molar refractivity (Wildman–Crippen MR) is 146 cm³/mol. The Labute approximate surface area is 215 Å². The summed E-state index contributed by atoms with van der Waals surface area (Å²) in [6.45, 7) is 3.47. The molecule has 180 valence electrons. The Bertz CT molecular complexity index is 1460. The van der Waals surface area contributed by atoms with Crippen LogP contribution in [0.25, 0.3) is 11.0 Å². The number of nitrogens with one attached hydrogen (secondary N) is 1. The number of rotatable bonds is 9. The minimum absolute atomic E-state index is 0.0439. The van der Waals surface area contributed by atoms with E-state index >= 15 is 0 Å². The number of aryl methyl sites for hydroxylation is 1. The molecule has 5 aromatic rings. The van der Waals surface area contributed by atoms with Gasteiger partial charge in [-0.15, -0.1) is 0 Å². The maximum absolute atomic E-state index is 12.5. The molecule has 2 heterocycles. The van der Waals surface area contributed by atoms with Crippen molar-refractivity contribution >= 4 is 28.7 Å². The highest BCUT2D eigenvalue weighted by Gasteiger charge is 2.13. The van der Waals surface area contributed by atoms with Crippen LogP contribution in [0.5, 0.6) is 0 Å². The summed E-state index contributed by atoms with van der Waals surface area (Å²) in [6, 6.07) is 28.5. The van der Waals surface area contributed by atoms with Crippen molar-refractivity contribution in [3.63, 3.8) is 0 Å². The van der Waals surface area contributed by atoms with Gasteiger partial charge in [0.15, 0.2) is 5.16 Å². The summed E-state index contributed by atoms with van der Waals surface area (Å²) < 4.78 is 2.23. The molecule has 36 heavy (non-hydrogen) atoms. The van der Waals surface area contributed by atoms with Crippen molar-refractivity contribution in [3.05, 3.63) is 125 Å². The zero-order valence-corrected chi connectivity index (χ0v) is 21.0. The van der Waals surface area contributed by atoms with E-state index in [1.807, 2.05) is 54.7 Å². The van der Waals surface area contributed by atoms with Gasteiger partial charge in [-0.05, 0) is 48.2 Å². The van der Waals surface area contributed by atoms with Crippen molar-refractivity contribution in [2.45, 2.75) is 30.8 Å². The highest BCUT2D eigenvalue weighted by Crippen LogP contribution is 2.27. The van der Waals surface area contributed by atoms with Gasteiger partial charge in [0.25, 0.3) is 5.91 Å². The van der Waals surface area contributed by atoms with Crippen molar-refractivity contribution in [3.8, 4) is 0 Å². The maximum Gasteiger partial charge on any atom is 0.251 e. The number of benzene rings is 3. The summed E-state index contributed by atoms with van der Waals surface area (Å²) in [4.78, 5) is 21.7. The van der Waals surface area contributed by atoms with Gasteiger partial charge in [-0.2, -0.15) is 0 Å². The molecule has 5 rings (SSSR count). The third-order valence-corrected chi connectivity index (χ3v) is 7.11. The molecule has 0 saturated carbocycles. The second-order valence-corrected chi connectivity index (χ2v) is 9.75. The quantitative estimate of drug-likeness (QED) is 0.254. The lowest BCUT2D eigenvalue weighted by molar-refractivity contribution is 0.0954. The largest absolute Gasteiger partial charge is 0.352 e. The Kier molecular flexibility index (Phi) is 7.43. The second-order valence-electron chi connectivity index (χ2n) is 8.81. The smallest absolute Gasteiger partial charge is 0.251 e. The van der Waals surface area contributed by atoms with Gasteiger partial charge in [0.1, 0.15) is 0 Å². The van der Waals surface area contributed by atoms with Gasteiger partial charge >= 0.3 is 0 Å². The SMILES string of the molecule is Cc1cccc(Cn2c(SCc3ccc(C(=O)NCCc4ccccc4)cc3)nc3ccncc32)c1. The molecule has 1 N–H and O–H groups in total. The molecule has 0 aliphatic rings. The van der Waals surface area contributed by atoms with E-state index in [4.69, 9.17) is 4.98 Å². The minimum Gasteiger partial charge on any atom is -0.352 e. The average molecular weight is 493 g/mol. The molecule has 0 unspecified atom stereocenters. The van der Waals surface area contributed by atoms with Crippen LogP contribution >= 0.6 is 11.8 Å². The van der Waals surface area contributed by atoms with Gasteiger partial charge in [-0.25, -0.2) is 4.98 Å². The number of nitrogens with zero attached hydrogens (tertiary/aromatic N) is 3.